The first-order chi connectivity index (χ1) is 17.6. The van der Waals surface area contributed by atoms with Crippen LogP contribution in [-0.2, 0) is 12.8 Å². The van der Waals surface area contributed by atoms with Crippen LogP contribution >= 0.6 is 11.6 Å². The molecule has 0 saturated carbocycles. The number of fused-ring (bicyclic) bond motifs is 1. The number of carbonyl (C=O) groups is 1. The third-order valence-electron chi connectivity index (χ3n) is 7.36. The van der Waals surface area contributed by atoms with Gasteiger partial charge in [-0.3, -0.25) is 9.78 Å². The number of hydrogen-bond acceptors (Lipinski definition) is 3. The molecule has 4 nitrogen and oxygen atoms in total. The van der Waals surface area contributed by atoms with Gasteiger partial charge in [0.15, 0.2) is 0 Å². The van der Waals surface area contributed by atoms with Gasteiger partial charge in [0.25, 0.3) is 5.91 Å². The number of piperidine rings is 1. The lowest BCUT2D eigenvalue weighted by Gasteiger charge is -2.32. The Kier molecular flexibility index (Phi) is 7.24. The van der Waals surface area contributed by atoms with Crippen molar-refractivity contribution < 1.29 is 4.79 Å². The number of hydrogen-bond donors (Lipinski definition) is 1. The molecule has 36 heavy (non-hydrogen) atoms. The summed E-state index contributed by atoms with van der Waals surface area (Å²) in [6, 6.07) is 22.4. The lowest BCUT2D eigenvalue weighted by Crippen LogP contribution is -2.37. The van der Waals surface area contributed by atoms with Crippen LogP contribution in [0.3, 0.4) is 0 Å². The predicted molar refractivity (Wildman–Crippen MR) is 150 cm³/mol. The number of rotatable bonds is 6. The van der Waals surface area contributed by atoms with Gasteiger partial charge in [-0.15, -0.1) is 0 Å². The quantitative estimate of drug-likeness (QED) is 0.296. The van der Waals surface area contributed by atoms with E-state index in [0.717, 1.165) is 66.6 Å². The monoisotopic (exact) mass is 497 g/mol. The van der Waals surface area contributed by atoms with Gasteiger partial charge in [0.2, 0.25) is 0 Å². The number of aromatic nitrogens is 1. The zero-order chi connectivity index (χ0) is 25.1. The highest BCUT2D eigenvalue weighted by atomic mass is 35.5. The minimum absolute atomic E-state index is 0.111. The maximum Gasteiger partial charge on any atom is 0.253 e. The Morgan fingerprint density at radius 3 is 2.42 bits per heavy atom. The van der Waals surface area contributed by atoms with Crippen molar-refractivity contribution in [3.8, 4) is 0 Å². The standard InChI is InChI=1S/C31H32ClN3O/c1-3-21-5-6-25(19-22(21)4-2)23-14-17-35(18-15-23)31(36)24-7-10-27(11-8-24)34-29-13-16-33-30-20-26(32)9-12-28(29)30/h5-13,16,19-20,23H,3-4,14-15,17-18H2,1-2H3,(H,33,34). The minimum Gasteiger partial charge on any atom is -0.355 e. The normalized spacial score (nSPS) is 14.2. The highest BCUT2D eigenvalue weighted by Crippen LogP contribution is 2.31. The molecule has 2 heterocycles. The van der Waals surface area contributed by atoms with Gasteiger partial charge in [0.1, 0.15) is 0 Å². The molecule has 0 aliphatic carbocycles. The summed E-state index contributed by atoms with van der Waals surface area (Å²) in [5.41, 5.74) is 7.79. The Labute approximate surface area is 218 Å². The van der Waals surface area contributed by atoms with Crippen LogP contribution in [0.2, 0.25) is 5.02 Å². The van der Waals surface area contributed by atoms with Crippen molar-refractivity contribution >= 4 is 39.8 Å². The maximum atomic E-state index is 13.2. The molecule has 5 heteroatoms. The second-order valence-corrected chi connectivity index (χ2v) is 9.96. The van der Waals surface area contributed by atoms with E-state index in [1.807, 2.05) is 53.4 Å². The van der Waals surface area contributed by atoms with Gasteiger partial charge in [-0.05, 0) is 96.8 Å². The molecule has 0 unspecified atom stereocenters. The molecular weight excluding hydrogens is 466 g/mol. The summed E-state index contributed by atoms with van der Waals surface area (Å²) in [7, 11) is 0. The molecule has 1 aromatic heterocycles. The predicted octanol–water partition coefficient (Wildman–Crippen LogP) is 7.78. The van der Waals surface area contributed by atoms with Gasteiger partial charge >= 0.3 is 0 Å². The maximum absolute atomic E-state index is 13.2. The van der Waals surface area contributed by atoms with E-state index in [4.69, 9.17) is 11.6 Å². The number of carbonyl (C=O) groups excluding carboxylic acids is 1. The third kappa shape index (κ3) is 5.10. The fourth-order valence-electron chi connectivity index (χ4n) is 5.25. The summed E-state index contributed by atoms with van der Waals surface area (Å²) in [5.74, 6) is 0.640. The minimum atomic E-state index is 0.111. The van der Waals surface area contributed by atoms with Crippen LogP contribution in [0.1, 0.15) is 59.7 Å². The largest absolute Gasteiger partial charge is 0.355 e. The summed E-state index contributed by atoms with van der Waals surface area (Å²) in [6.45, 7) is 6.05. The average molecular weight is 498 g/mol. The average Bonchev–Trinajstić information content (AvgIpc) is 2.92. The van der Waals surface area contributed by atoms with E-state index in [0.29, 0.717) is 10.9 Å². The highest BCUT2D eigenvalue weighted by Gasteiger charge is 2.25. The number of amides is 1. The number of benzene rings is 3. The van der Waals surface area contributed by atoms with E-state index in [-0.39, 0.29) is 5.91 Å². The van der Waals surface area contributed by atoms with E-state index in [1.54, 1.807) is 6.20 Å². The molecule has 1 aliphatic heterocycles. The summed E-state index contributed by atoms with van der Waals surface area (Å²) < 4.78 is 0. The lowest BCUT2D eigenvalue weighted by molar-refractivity contribution is 0.0713. The first kappa shape index (κ1) is 24.3. The molecule has 1 N–H and O–H groups in total. The summed E-state index contributed by atoms with van der Waals surface area (Å²) >= 11 is 6.11. The number of likely N-dealkylation sites (tertiary alicyclic amines) is 1. The van der Waals surface area contributed by atoms with E-state index in [9.17, 15) is 4.79 Å². The molecule has 0 radical (unpaired) electrons. The molecule has 0 spiro atoms. The van der Waals surface area contributed by atoms with Crippen molar-refractivity contribution in [1.82, 2.24) is 9.88 Å². The van der Waals surface area contributed by atoms with Crippen molar-refractivity contribution in [3.63, 3.8) is 0 Å². The van der Waals surface area contributed by atoms with Crippen molar-refractivity contribution in [3.05, 3.63) is 100 Å². The SMILES string of the molecule is CCc1ccc(C2CCN(C(=O)c3ccc(Nc4ccnc5cc(Cl)ccc45)cc3)CC2)cc1CC. The lowest BCUT2D eigenvalue weighted by atomic mass is 9.86. The molecule has 184 valence electrons. The van der Waals surface area contributed by atoms with Crippen LogP contribution in [0.5, 0.6) is 0 Å². The van der Waals surface area contributed by atoms with E-state index in [1.165, 1.54) is 16.7 Å². The molecule has 1 aliphatic rings. The van der Waals surface area contributed by atoms with Crippen LogP contribution in [0.25, 0.3) is 10.9 Å². The number of nitrogens with one attached hydrogen (secondary N) is 1. The number of aryl methyl sites for hydroxylation is 2. The zero-order valence-electron chi connectivity index (χ0n) is 20.9. The van der Waals surface area contributed by atoms with E-state index < -0.39 is 0 Å². The second-order valence-electron chi connectivity index (χ2n) is 9.52. The molecule has 1 fully saturated rings. The fourth-order valence-corrected chi connectivity index (χ4v) is 5.42. The molecule has 1 saturated heterocycles. The Bertz CT molecular complexity index is 1370. The van der Waals surface area contributed by atoms with E-state index in [2.05, 4.69) is 42.3 Å². The van der Waals surface area contributed by atoms with Crippen LogP contribution < -0.4 is 5.32 Å². The van der Waals surface area contributed by atoms with Gasteiger partial charge in [0.05, 0.1) is 5.52 Å². The second kappa shape index (κ2) is 10.7. The van der Waals surface area contributed by atoms with Crippen molar-refractivity contribution in [2.75, 3.05) is 18.4 Å². The number of anilines is 2. The zero-order valence-corrected chi connectivity index (χ0v) is 21.7. The number of halogens is 1. The van der Waals surface area contributed by atoms with Gasteiger partial charge in [0, 0.05) is 46.6 Å². The van der Waals surface area contributed by atoms with Crippen LogP contribution in [0.4, 0.5) is 11.4 Å². The van der Waals surface area contributed by atoms with Gasteiger partial charge < -0.3 is 10.2 Å². The topological polar surface area (TPSA) is 45.2 Å². The molecule has 1 amide bonds. The van der Waals surface area contributed by atoms with Crippen LogP contribution in [-0.4, -0.2) is 28.9 Å². The van der Waals surface area contributed by atoms with E-state index >= 15 is 0 Å². The van der Waals surface area contributed by atoms with Crippen LogP contribution in [0, 0.1) is 0 Å². The van der Waals surface area contributed by atoms with Crippen molar-refractivity contribution in [2.24, 2.45) is 0 Å². The Balaban J connectivity index is 1.22. The molecule has 0 bridgehead atoms. The molecule has 3 aromatic carbocycles. The Morgan fingerprint density at radius 1 is 0.944 bits per heavy atom. The Hall–Kier alpha value is -3.37. The van der Waals surface area contributed by atoms with Crippen molar-refractivity contribution in [1.29, 1.82) is 0 Å². The van der Waals surface area contributed by atoms with Gasteiger partial charge in [-0.25, -0.2) is 0 Å². The first-order valence-corrected chi connectivity index (χ1v) is 13.3. The molecule has 0 atom stereocenters. The molecular formula is C31H32ClN3O. The third-order valence-corrected chi connectivity index (χ3v) is 7.60. The highest BCUT2D eigenvalue weighted by molar-refractivity contribution is 6.31. The Morgan fingerprint density at radius 2 is 1.69 bits per heavy atom. The number of pyridine rings is 1. The summed E-state index contributed by atoms with van der Waals surface area (Å²) in [4.78, 5) is 19.6. The number of nitrogens with zero attached hydrogens (tertiary/aromatic N) is 2. The fraction of sp³-hybridized carbons (Fsp3) is 0.290. The first-order valence-electron chi connectivity index (χ1n) is 12.9. The molecule has 5 rings (SSSR count). The smallest absolute Gasteiger partial charge is 0.253 e. The summed E-state index contributed by atoms with van der Waals surface area (Å²) in [6.07, 6.45) is 5.95. The van der Waals surface area contributed by atoms with Gasteiger partial charge in [-0.1, -0.05) is 43.6 Å². The summed E-state index contributed by atoms with van der Waals surface area (Å²) in [5, 5.41) is 5.11. The van der Waals surface area contributed by atoms with Gasteiger partial charge in [-0.2, -0.15) is 0 Å². The molecule has 4 aromatic rings. The van der Waals surface area contributed by atoms with Crippen molar-refractivity contribution in [2.45, 2.75) is 45.4 Å². The van der Waals surface area contributed by atoms with Crippen LogP contribution in [0.15, 0.2) is 72.9 Å².